The lowest BCUT2D eigenvalue weighted by atomic mass is 10.1. The Kier molecular flexibility index (Phi) is 7.71. The summed E-state index contributed by atoms with van der Waals surface area (Å²) < 4.78 is 20.7. The number of halogens is 1. The zero-order chi connectivity index (χ0) is 20.5. The van der Waals surface area contributed by atoms with Crippen molar-refractivity contribution in [2.24, 2.45) is 0 Å². The maximum absolute atomic E-state index is 11.9. The van der Waals surface area contributed by atoms with Crippen LogP contribution < -0.4 is 19.5 Å². The summed E-state index contributed by atoms with van der Waals surface area (Å²) in [5.74, 6) is 0.176. The van der Waals surface area contributed by atoms with Gasteiger partial charge in [0.2, 0.25) is 5.75 Å². The van der Waals surface area contributed by atoms with Gasteiger partial charge in [-0.2, -0.15) is 0 Å². The lowest BCUT2D eigenvalue weighted by Gasteiger charge is -2.12. The first-order valence-corrected chi connectivity index (χ1v) is 8.55. The van der Waals surface area contributed by atoms with E-state index in [1.54, 1.807) is 36.4 Å². The van der Waals surface area contributed by atoms with Crippen LogP contribution >= 0.6 is 11.6 Å². The van der Waals surface area contributed by atoms with Gasteiger partial charge < -0.3 is 24.3 Å². The van der Waals surface area contributed by atoms with E-state index in [4.69, 9.17) is 30.5 Å². The van der Waals surface area contributed by atoms with E-state index in [0.717, 1.165) is 0 Å². The van der Waals surface area contributed by atoms with Gasteiger partial charge in [0.1, 0.15) is 0 Å². The summed E-state index contributed by atoms with van der Waals surface area (Å²) in [7, 11) is 4.49. The fourth-order valence-corrected chi connectivity index (χ4v) is 2.48. The van der Waals surface area contributed by atoms with Crippen molar-refractivity contribution < 1.29 is 28.5 Å². The maximum Gasteiger partial charge on any atom is 0.331 e. The second-order valence-electron chi connectivity index (χ2n) is 5.43. The molecule has 0 aliphatic rings. The summed E-state index contributed by atoms with van der Waals surface area (Å²) in [6.45, 7) is -0.441. The number of carbonyl (C=O) groups is 2. The highest BCUT2D eigenvalue weighted by atomic mass is 35.5. The lowest BCUT2D eigenvalue weighted by Crippen LogP contribution is -2.20. The predicted molar refractivity (Wildman–Crippen MR) is 106 cm³/mol. The highest BCUT2D eigenvalue weighted by Gasteiger charge is 2.12. The van der Waals surface area contributed by atoms with Gasteiger partial charge in [-0.15, -0.1) is 0 Å². The summed E-state index contributed by atoms with van der Waals surface area (Å²) in [6, 6.07) is 10.1. The fourth-order valence-electron chi connectivity index (χ4n) is 2.30. The summed E-state index contributed by atoms with van der Waals surface area (Å²) >= 11 is 5.96. The van der Waals surface area contributed by atoms with Crippen LogP contribution in [0.1, 0.15) is 5.56 Å². The van der Waals surface area contributed by atoms with Gasteiger partial charge in [-0.25, -0.2) is 4.79 Å². The molecule has 0 saturated heterocycles. The van der Waals surface area contributed by atoms with Gasteiger partial charge in [-0.05, 0) is 35.9 Å². The highest BCUT2D eigenvalue weighted by molar-refractivity contribution is 6.33. The van der Waals surface area contributed by atoms with Crippen LogP contribution in [-0.4, -0.2) is 39.8 Å². The van der Waals surface area contributed by atoms with Crippen molar-refractivity contribution in [2.45, 2.75) is 0 Å². The summed E-state index contributed by atoms with van der Waals surface area (Å²) in [5.41, 5.74) is 1.07. The van der Waals surface area contributed by atoms with Crippen LogP contribution in [0.25, 0.3) is 6.08 Å². The minimum Gasteiger partial charge on any atom is -0.493 e. The molecule has 2 aromatic rings. The number of hydrogen-bond acceptors (Lipinski definition) is 6. The van der Waals surface area contributed by atoms with Crippen LogP contribution in [0.15, 0.2) is 42.5 Å². The SMILES string of the molecule is COc1cc(C=CC(=O)OCC(=O)Nc2ccccc2Cl)cc(OC)c1OC. The molecule has 148 valence electrons. The molecule has 8 heteroatoms. The first-order valence-electron chi connectivity index (χ1n) is 8.17. The number of amides is 1. The Hall–Kier alpha value is -3.19. The van der Waals surface area contributed by atoms with Crippen LogP contribution in [0.5, 0.6) is 17.2 Å². The Morgan fingerprint density at radius 2 is 1.68 bits per heavy atom. The quantitative estimate of drug-likeness (QED) is 0.534. The molecule has 0 fully saturated rings. The monoisotopic (exact) mass is 405 g/mol. The van der Waals surface area contributed by atoms with Crippen LogP contribution in [0.3, 0.4) is 0 Å². The number of rotatable bonds is 8. The minimum atomic E-state index is -0.678. The Balaban J connectivity index is 1.96. The molecule has 0 aromatic heterocycles. The van der Waals surface area contributed by atoms with E-state index in [2.05, 4.69) is 5.32 Å². The average molecular weight is 406 g/mol. The van der Waals surface area contributed by atoms with E-state index >= 15 is 0 Å². The zero-order valence-corrected chi connectivity index (χ0v) is 16.4. The molecule has 0 aliphatic heterocycles. The number of para-hydroxylation sites is 1. The molecule has 0 saturated carbocycles. The second kappa shape index (κ2) is 10.2. The fraction of sp³-hybridized carbons (Fsp3) is 0.200. The van der Waals surface area contributed by atoms with E-state index in [1.807, 2.05) is 0 Å². The van der Waals surface area contributed by atoms with Crippen molar-refractivity contribution in [1.82, 2.24) is 0 Å². The van der Waals surface area contributed by atoms with E-state index in [-0.39, 0.29) is 0 Å². The van der Waals surface area contributed by atoms with Gasteiger partial charge in [-0.3, -0.25) is 4.79 Å². The maximum atomic E-state index is 11.9. The van der Waals surface area contributed by atoms with Gasteiger partial charge >= 0.3 is 5.97 Å². The number of carbonyl (C=O) groups excluding carboxylic acids is 2. The molecule has 0 heterocycles. The van der Waals surface area contributed by atoms with E-state index in [1.165, 1.54) is 33.5 Å². The predicted octanol–water partition coefficient (Wildman–Crippen LogP) is 3.56. The molecule has 0 radical (unpaired) electrons. The molecular weight excluding hydrogens is 386 g/mol. The molecule has 0 bridgehead atoms. The summed E-state index contributed by atoms with van der Waals surface area (Å²) in [6.07, 6.45) is 2.71. The molecule has 0 spiro atoms. The molecule has 7 nitrogen and oxygen atoms in total. The first kappa shape index (κ1) is 21.1. The molecule has 2 aromatic carbocycles. The zero-order valence-electron chi connectivity index (χ0n) is 15.7. The van der Waals surface area contributed by atoms with E-state index in [9.17, 15) is 9.59 Å². The van der Waals surface area contributed by atoms with Crippen molar-refractivity contribution >= 4 is 35.2 Å². The third-order valence-electron chi connectivity index (χ3n) is 3.59. The third-order valence-corrected chi connectivity index (χ3v) is 3.92. The number of nitrogens with one attached hydrogen (secondary N) is 1. The van der Waals surface area contributed by atoms with Crippen LogP contribution in [0.4, 0.5) is 5.69 Å². The van der Waals surface area contributed by atoms with Gasteiger partial charge in [0.15, 0.2) is 18.1 Å². The Morgan fingerprint density at radius 3 is 2.25 bits per heavy atom. The van der Waals surface area contributed by atoms with Gasteiger partial charge in [0.05, 0.1) is 32.0 Å². The molecule has 28 heavy (non-hydrogen) atoms. The van der Waals surface area contributed by atoms with E-state index < -0.39 is 18.5 Å². The molecule has 0 atom stereocenters. The van der Waals surface area contributed by atoms with Crippen molar-refractivity contribution in [2.75, 3.05) is 33.3 Å². The smallest absolute Gasteiger partial charge is 0.331 e. The number of anilines is 1. The van der Waals surface area contributed by atoms with Crippen LogP contribution in [-0.2, 0) is 14.3 Å². The van der Waals surface area contributed by atoms with Gasteiger partial charge in [0.25, 0.3) is 5.91 Å². The first-order chi connectivity index (χ1) is 13.5. The molecule has 1 amide bonds. The second-order valence-corrected chi connectivity index (χ2v) is 5.83. The summed E-state index contributed by atoms with van der Waals surface area (Å²) in [5, 5.41) is 2.96. The van der Waals surface area contributed by atoms with Crippen molar-refractivity contribution in [1.29, 1.82) is 0 Å². The number of hydrogen-bond donors (Lipinski definition) is 1. The number of ether oxygens (including phenoxy) is 4. The topological polar surface area (TPSA) is 83.1 Å². The largest absolute Gasteiger partial charge is 0.493 e. The van der Waals surface area contributed by atoms with Gasteiger partial charge in [0, 0.05) is 6.08 Å². The molecule has 0 unspecified atom stereocenters. The molecular formula is C20H20ClNO6. The van der Waals surface area contributed by atoms with Crippen LogP contribution in [0.2, 0.25) is 5.02 Å². The Bertz CT molecular complexity index is 856. The highest BCUT2D eigenvalue weighted by Crippen LogP contribution is 2.38. The lowest BCUT2D eigenvalue weighted by molar-refractivity contribution is -0.142. The number of methoxy groups -OCH3 is 3. The molecule has 0 aliphatic carbocycles. The average Bonchev–Trinajstić information content (AvgIpc) is 2.71. The normalized spacial score (nSPS) is 10.4. The Morgan fingerprint density at radius 1 is 1.04 bits per heavy atom. The number of benzene rings is 2. The van der Waals surface area contributed by atoms with E-state index in [0.29, 0.717) is 33.5 Å². The summed E-state index contributed by atoms with van der Waals surface area (Å²) in [4.78, 5) is 23.7. The van der Waals surface area contributed by atoms with Crippen molar-refractivity contribution in [3.8, 4) is 17.2 Å². The third kappa shape index (κ3) is 5.65. The van der Waals surface area contributed by atoms with Gasteiger partial charge in [-0.1, -0.05) is 23.7 Å². The minimum absolute atomic E-state index is 0.393. The molecule has 2 rings (SSSR count). The Labute approximate surface area is 167 Å². The van der Waals surface area contributed by atoms with Crippen molar-refractivity contribution in [3.05, 3.63) is 53.1 Å². The standard InChI is InChI=1S/C20H20ClNO6/c1-25-16-10-13(11-17(26-2)20(16)27-3)8-9-19(24)28-12-18(23)22-15-7-5-4-6-14(15)21/h4-11H,12H2,1-3H3,(H,22,23). The number of esters is 1. The molecule has 1 N–H and O–H groups in total. The van der Waals surface area contributed by atoms with Crippen LogP contribution in [0, 0.1) is 0 Å². The van der Waals surface area contributed by atoms with Crippen molar-refractivity contribution in [3.63, 3.8) is 0 Å².